The first-order chi connectivity index (χ1) is 8.15. The number of aliphatic hydroxyl groups is 1. The first kappa shape index (κ1) is 14.0. The van der Waals surface area contributed by atoms with E-state index in [0.717, 1.165) is 11.3 Å². The summed E-state index contributed by atoms with van der Waals surface area (Å²) in [4.78, 5) is 0. The summed E-state index contributed by atoms with van der Waals surface area (Å²) in [6, 6.07) is 7.58. The van der Waals surface area contributed by atoms with Crippen LogP contribution < -0.4 is 4.74 Å². The van der Waals surface area contributed by atoms with E-state index in [4.69, 9.17) is 26.2 Å². The van der Waals surface area contributed by atoms with Gasteiger partial charge in [-0.1, -0.05) is 30.3 Å². The molecular weight excluding hydrogens is 240 g/mol. The molecule has 1 N–H and O–H groups in total. The molecule has 0 unspecified atom stereocenters. The highest BCUT2D eigenvalue weighted by Crippen LogP contribution is 2.15. The number of methoxy groups -OCH3 is 1. The van der Waals surface area contributed by atoms with Gasteiger partial charge in [0.05, 0.1) is 26.4 Å². The maximum atomic E-state index is 9.09. The lowest BCUT2D eigenvalue weighted by molar-refractivity contribution is 0.00418. The Morgan fingerprint density at radius 3 is 2.53 bits per heavy atom. The van der Waals surface area contributed by atoms with Crippen molar-refractivity contribution in [2.24, 2.45) is 0 Å². The summed E-state index contributed by atoms with van der Waals surface area (Å²) in [5, 5.41) is 9.58. The quantitative estimate of drug-likeness (QED) is 0.815. The van der Waals surface area contributed by atoms with Gasteiger partial charge < -0.3 is 14.6 Å². The Bertz CT molecular complexity index is 348. The number of ether oxygens (including phenoxy) is 2. The molecule has 1 atom stereocenters. The second-order valence-corrected chi connectivity index (χ2v) is 4.22. The summed E-state index contributed by atoms with van der Waals surface area (Å²) in [5.41, 5.74) is 1.02. The van der Waals surface area contributed by atoms with Gasteiger partial charge in [0.1, 0.15) is 5.75 Å². The topological polar surface area (TPSA) is 38.7 Å². The molecule has 94 valence electrons. The fourth-order valence-corrected chi connectivity index (χ4v) is 1.53. The smallest absolute Gasteiger partial charge is 0.118 e. The van der Waals surface area contributed by atoms with Crippen molar-refractivity contribution in [3.8, 4) is 5.75 Å². The molecule has 0 amide bonds. The zero-order valence-electron chi connectivity index (χ0n) is 9.86. The first-order valence-corrected chi connectivity index (χ1v) is 5.72. The molecule has 1 aromatic carbocycles. The molecule has 0 heterocycles. The van der Waals surface area contributed by atoms with Crippen LogP contribution in [0.4, 0.5) is 0 Å². The van der Waals surface area contributed by atoms with Gasteiger partial charge in [0, 0.05) is 11.5 Å². The van der Waals surface area contributed by atoms with Gasteiger partial charge in [-0.2, -0.15) is 0 Å². The fraction of sp³-hybridized carbons (Fsp3) is 0.385. The lowest BCUT2D eigenvalue weighted by atomic mass is 10.2. The van der Waals surface area contributed by atoms with Crippen LogP contribution in [0.1, 0.15) is 12.0 Å². The van der Waals surface area contributed by atoms with Crippen LogP contribution in [0, 0.1) is 0 Å². The Balaban J connectivity index is 2.44. The molecular formula is C13H17ClO3. The van der Waals surface area contributed by atoms with Crippen LogP contribution in [-0.2, 0) is 11.3 Å². The highest BCUT2D eigenvalue weighted by molar-refractivity contribution is 6.29. The molecule has 3 nitrogen and oxygen atoms in total. The standard InChI is InChI=1S/C13H17ClO3/c1-10(14)7-13(8-15)17-9-11-3-5-12(16-2)6-4-11/h3-6,13,15H,1,7-9H2,2H3/t13-/m1/s1. The number of aliphatic hydroxyl groups excluding tert-OH is 1. The average molecular weight is 257 g/mol. The van der Waals surface area contributed by atoms with E-state index in [0.29, 0.717) is 18.1 Å². The van der Waals surface area contributed by atoms with Gasteiger partial charge in [-0.25, -0.2) is 0 Å². The van der Waals surface area contributed by atoms with Crippen molar-refractivity contribution in [2.45, 2.75) is 19.1 Å². The second-order valence-electron chi connectivity index (χ2n) is 3.69. The largest absolute Gasteiger partial charge is 0.497 e. The second kappa shape index (κ2) is 7.33. The third-order valence-electron chi connectivity index (χ3n) is 2.30. The zero-order valence-corrected chi connectivity index (χ0v) is 10.6. The fourth-order valence-electron chi connectivity index (χ4n) is 1.36. The summed E-state index contributed by atoms with van der Waals surface area (Å²) in [7, 11) is 1.62. The number of benzene rings is 1. The van der Waals surface area contributed by atoms with E-state index in [-0.39, 0.29) is 12.7 Å². The van der Waals surface area contributed by atoms with E-state index < -0.39 is 0 Å². The summed E-state index contributed by atoms with van der Waals surface area (Å²) in [6.07, 6.45) is 0.149. The van der Waals surface area contributed by atoms with E-state index in [9.17, 15) is 0 Å². The van der Waals surface area contributed by atoms with E-state index in [1.165, 1.54) is 0 Å². The summed E-state index contributed by atoms with van der Waals surface area (Å²) < 4.78 is 10.6. The maximum absolute atomic E-state index is 9.09. The number of hydrogen-bond donors (Lipinski definition) is 1. The third-order valence-corrected chi connectivity index (χ3v) is 2.45. The van der Waals surface area contributed by atoms with Crippen molar-refractivity contribution in [3.05, 3.63) is 41.4 Å². The van der Waals surface area contributed by atoms with Gasteiger partial charge in [0.2, 0.25) is 0 Å². The molecule has 0 aliphatic rings. The van der Waals surface area contributed by atoms with Crippen molar-refractivity contribution in [1.82, 2.24) is 0 Å². The van der Waals surface area contributed by atoms with Crippen LogP contribution in [0.5, 0.6) is 5.75 Å². The maximum Gasteiger partial charge on any atom is 0.118 e. The van der Waals surface area contributed by atoms with Crippen molar-refractivity contribution in [3.63, 3.8) is 0 Å². The normalized spacial score (nSPS) is 12.2. The minimum Gasteiger partial charge on any atom is -0.497 e. The van der Waals surface area contributed by atoms with Crippen molar-refractivity contribution < 1.29 is 14.6 Å². The van der Waals surface area contributed by atoms with Crippen LogP contribution in [0.15, 0.2) is 35.9 Å². The third kappa shape index (κ3) is 5.22. The minimum absolute atomic E-state index is 0.0676. The number of hydrogen-bond acceptors (Lipinski definition) is 3. The molecule has 0 fully saturated rings. The lowest BCUT2D eigenvalue weighted by Crippen LogP contribution is -2.17. The van der Waals surface area contributed by atoms with E-state index >= 15 is 0 Å². The molecule has 4 heteroatoms. The van der Waals surface area contributed by atoms with Crippen LogP contribution in [0.2, 0.25) is 0 Å². The van der Waals surface area contributed by atoms with Crippen molar-refractivity contribution in [1.29, 1.82) is 0 Å². The zero-order chi connectivity index (χ0) is 12.7. The highest BCUT2D eigenvalue weighted by Gasteiger charge is 2.08. The van der Waals surface area contributed by atoms with E-state index in [1.54, 1.807) is 7.11 Å². The molecule has 1 aromatic rings. The Morgan fingerprint density at radius 2 is 2.06 bits per heavy atom. The SMILES string of the molecule is C=C(Cl)C[C@H](CO)OCc1ccc(OC)cc1. The van der Waals surface area contributed by atoms with Gasteiger partial charge in [0.15, 0.2) is 0 Å². The highest BCUT2D eigenvalue weighted by atomic mass is 35.5. The van der Waals surface area contributed by atoms with Gasteiger partial charge in [-0.15, -0.1) is 0 Å². The Morgan fingerprint density at radius 1 is 1.41 bits per heavy atom. The van der Waals surface area contributed by atoms with Gasteiger partial charge in [0.25, 0.3) is 0 Å². The molecule has 0 aliphatic carbocycles. The summed E-state index contributed by atoms with van der Waals surface area (Å²) >= 11 is 5.67. The Labute approximate surface area is 107 Å². The van der Waals surface area contributed by atoms with Crippen LogP contribution >= 0.6 is 11.6 Å². The van der Waals surface area contributed by atoms with E-state index in [2.05, 4.69) is 6.58 Å². The van der Waals surface area contributed by atoms with Crippen LogP contribution in [0.25, 0.3) is 0 Å². The van der Waals surface area contributed by atoms with Crippen LogP contribution in [0.3, 0.4) is 0 Å². The van der Waals surface area contributed by atoms with Crippen molar-refractivity contribution in [2.75, 3.05) is 13.7 Å². The molecule has 0 saturated heterocycles. The van der Waals surface area contributed by atoms with Crippen LogP contribution in [-0.4, -0.2) is 24.9 Å². The molecule has 0 bridgehead atoms. The molecule has 0 radical (unpaired) electrons. The van der Waals surface area contributed by atoms with Gasteiger partial charge in [-0.3, -0.25) is 0 Å². The van der Waals surface area contributed by atoms with E-state index in [1.807, 2.05) is 24.3 Å². The Kier molecular flexibility index (Phi) is 6.05. The minimum atomic E-state index is -0.304. The first-order valence-electron chi connectivity index (χ1n) is 5.34. The molecule has 17 heavy (non-hydrogen) atoms. The summed E-state index contributed by atoms with van der Waals surface area (Å²) in [6.45, 7) is 3.94. The predicted molar refractivity (Wildman–Crippen MR) is 68.3 cm³/mol. The Hall–Kier alpha value is -1.03. The molecule has 0 aliphatic heterocycles. The number of rotatable bonds is 7. The lowest BCUT2D eigenvalue weighted by Gasteiger charge is -2.14. The monoisotopic (exact) mass is 256 g/mol. The predicted octanol–water partition coefficient (Wildman–Crippen LogP) is 2.72. The van der Waals surface area contributed by atoms with Gasteiger partial charge in [-0.05, 0) is 17.7 Å². The number of halogens is 1. The average Bonchev–Trinajstić information content (AvgIpc) is 2.34. The molecule has 0 aromatic heterocycles. The molecule has 0 spiro atoms. The van der Waals surface area contributed by atoms with Crippen molar-refractivity contribution >= 4 is 11.6 Å². The summed E-state index contributed by atoms with van der Waals surface area (Å²) in [5.74, 6) is 0.807. The molecule has 1 rings (SSSR count). The van der Waals surface area contributed by atoms with Gasteiger partial charge >= 0.3 is 0 Å². The molecule has 0 saturated carbocycles.